The van der Waals surface area contributed by atoms with Crippen LogP contribution in [0.15, 0.2) is 12.3 Å². The second kappa shape index (κ2) is 6.62. The van der Waals surface area contributed by atoms with E-state index in [1.807, 2.05) is 4.57 Å². The molecule has 21 heavy (non-hydrogen) atoms. The first kappa shape index (κ1) is 15.4. The molecule has 1 aliphatic rings. The highest BCUT2D eigenvalue weighted by atomic mass is 16.5. The van der Waals surface area contributed by atoms with Crippen molar-refractivity contribution in [1.29, 1.82) is 0 Å². The summed E-state index contributed by atoms with van der Waals surface area (Å²) in [6.45, 7) is 2.50. The summed E-state index contributed by atoms with van der Waals surface area (Å²) in [6, 6.07) is 1.38. The fraction of sp³-hybridized carbons (Fsp3) is 0.571. The number of ether oxygens (including phenoxy) is 1. The lowest BCUT2D eigenvalue weighted by Crippen LogP contribution is -2.45. The maximum Gasteiger partial charge on any atom is 0.268 e. The first-order valence-electron chi connectivity index (χ1n) is 7.07. The molecular weight excluding hydrogens is 272 g/mol. The monoisotopic (exact) mass is 294 g/mol. The fourth-order valence-corrected chi connectivity index (χ4v) is 2.10. The Balaban J connectivity index is 1.93. The SMILES string of the molecule is COCCNC(=O)C(C)NC(=O)c1cc(N)cn1C1CC1. The van der Waals surface area contributed by atoms with Gasteiger partial charge in [0.1, 0.15) is 11.7 Å². The molecule has 1 aromatic rings. The van der Waals surface area contributed by atoms with Crippen molar-refractivity contribution in [3.63, 3.8) is 0 Å². The van der Waals surface area contributed by atoms with E-state index in [-0.39, 0.29) is 11.8 Å². The van der Waals surface area contributed by atoms with E-state index in [4.69, 9.17) is 10.5 Å². The molecule has 1 fully saturated rings. The molecule has 1 aromatic heterocycles. The van der Waals surface area contributed by atoms with Gasteiger partial charge < -0.3 is 25.7 Å². The molecule has 1 unspecified atom stereocenters. The summed E-state index contributed by atoms with van der Waals surface area (Å²) in [5.74, 6) is -0.522. The van der Waals surface area contributed by atoms with Gasteiger partial charge in [-0.3, -0.25) is 9.59 Å². The number of nitrogens with zero attached hydrogens (tertiary/aromatic N) is 1. The Kier molecular flexibility index (Phi) is 4.85. The van der Waals surface area contributed by atoms with Gasteiger partial charge in [0, 0.05) is 25.9 Å². The third-order valence-electron chi connectivity index (χ3n) is 3.39. The second-order valence-corrected chi connectivity index (χ2v) is 5.28. The Morgan fingerprint density at radius 3 is 2.86 bits per heavy atom. The molecular formula is C14H22N4O3. The van der Waals surface area contributed by atoms with Crippen molar-refractivity contribution in [2.24, 2.45) is 0 Å². The van der Waals surface area contributed by atoms with Crippen LogP contribution < -0.4 is 16.4 Å². The summed E-state index contributed by atoms with van der Waals surface area (Å²) in [6.07, 6.45) is 3.89. The molecule has 1 heterocycles. The number of carbonyl (C=O) groups excluding carboxylic acids is 2. The third-order valence-corrected chi connectivity index (χ3v) is 3.39. The van der Waals surface area contributed by atoms with Crippen LogP contribution in [0.5, 0.6) is 0 Å². The highest BCUT2D eigenvalue weighted by Crippen LogP contribution is 2.37. The average Bonchev–Trinajstić information content (AvgIpc) is 3.21. The second-order valence-electron chi connectivity index (χ2n) is 5.28. The topological polar surface area (TPSA) is 98.4 Å². The number of amides is 2. The lowest BCUT2D eigenvalue weighted by Gasteiger charge is -2.15. The summed E-state index contributed by atoms with van der Waals surface area (Å²) in [5.41, 5.74) is 6.83. The summed E-state index contributed by atoms with van der Waals surface area (Å²) in [4.78, 5) is 24.1. The van der Waals surface area contributed by atoms with Gasteiger partial charge in [-0.1, -0.05) is 0 Å². The minimum absolute atomic E-state index is 0.238. The Hall–Kier alpha value is -2.02. The molecule has 7 nitrogen and oxygen atoms in total. The van der Waals surface area contributed by atoms with Crippen molar-refractivity contribution in [3.8, 4) is 0 Å². The molecule has 4 N–H and O–H groups in total. The first-order valence-corrected chi connectivity index (χ1v) is 7.07. The number of nitrogen functional groups attached to an aromatic ring is 1. The molecule has 0 radical (unpaired) electrons. The molecule has 7 heteroatoms. The van der Waals surface area contributed by atoms with Crippen LogP contribution in [0.2, 0.25) is 0 Å². The van der Waals surface area contributed by atoms with Gasteiger partial charge in [-0.25, -0.2) is 0 Å². The molecule has 0 aromatic carbocycles. The number of carbonyl (C=O) groups is 2. The predicted molar refractivity (Wildman–Crippen MR) is 78.9 cm³/mol. The zero-order valence-corrected chi connectivity index (χ0v) is 12.4. The Morgan fingerprint density at radius 2 is 2.24 bits per heavy atom. The van der Waals surface area contributed by atoms with Crippen LogP contribution in [0.25, 0.3) is 0 Å². The van der Waals surface area contributed by atoms with E-state index >= 15 is 0 Å². The Labute approximate surface area is 123 Å². The number of aromatic nitrogens is 1. The van der Waals surface area contributed by atoms with Crippen LogP contribution in [0, 0.1) is 0 Å². The molecule has 1 saturated carbocycles. The minimum atomic E-state index is -0.613. The number of methoxy groups -OCH3 is 1. The number of rotatable bonds is 7. The van der Waals surface area contributed by atoms with Gasteiger partial charge >= 0.3 is 0 Å². The predicted octanol–water partition coefficient (Wildman–Crippen LogP) is 0.286. The van der Waals surface area contributed by atoms with Crippen molar-refractivity contribution in [2.75, 3.05) is 26.0 Å². The van der Waals surface area contributed by atoms with Crippen LogP contribution in [0.3, 0.4) is 0 Å². The van der Waals surface area contributed by atoms with Gasteiger partial charge in [-0.05, 0) is 25.8 Å². The van der Waals surface area contributed by atoms with Crippen molar-refractivity contribution in [3.05, 3.63) is 18.0 Å². The summed E-state index contributed by atoms with van der Waals surface area (Å²) >= 11 is 0. The number of nitrogens with two attached hydrogens (primary N) is 1. The van der Waals surface area contributed by atoms with E-state index in [1.165, 1.54) is 0 Å². The standard InChI is InChI=1S/C14H22N4O3/c1-9(13(19)16-5-6-21-2)17-14(20)12-7-10(15)8-18(12)11-3-4-11/h7-9,11H,3-6,15H2,1-2H3,(H,16,19)(H,17,20). The molecule has 0 aliphatic heterocycles. The van der Waals surface area contributed by atoms with E-state index < -0.39 is 6.04 Å². The minimum Gasteiger partial charge on any atom is -0.397 e. The summed E-state index contributed by atoms with van der Waals surface area (Å²) in [7, 11) is 1.56. The highest BCUT2D eigenvalue weighted by Gasteiger charge is 2.28. The van der Waals surface area contributed by atoms with Crippen LogP contribution >= 0.6 is 0 Å². The lowest BCUT2D eigenvalue weighted by molar-refractivity contribution is -0.122. The van der Waals surface area contributed by atoms with E-state index in [0.29, 0.717) is 30.6 Å². The average molecular weight is 294 g/mol. The quantitative estimate of drug-likeness (QED) is 0.629. The van der Waals surface area contributed by atoms with Gasteiger partial charge in [-0.2, -0.15) is 0 Å². The van der Waals surface area contributed by atoms with Crippen LogP contribution in [0.1, 0.15) is 36.3 Å². The third kappa shape index (κ3) is 3.98. The highest BCUT2D eigenvalue weighted by molar-refractivity contribution is 5.97. The number of hydrogen-bond acceptors (Lipinski definition) is 4. The van der Waals surface area contributed by atoms with Crippen LogP contribution in [-0.2, 0) is 9.53 Å². The van der Waals surface area contributed by atoms with E-state index in [2.05, 4.69) is 10.6 Å². The van der Waals surface area contributed by atoms with E-state index in [0.717, 1.165) is 12.8 Å². The number of hydrogen-bond donors (Lipinski definition) is 3. The van der Waals surface area contributed by atoms with E-state index in [1.54, 1.807) is 26.3 Å². The van der Waals surface area contributed by atoms with E-state index in [9.17, 15) is 9.59 Å². The lowest BCUT2D eigenvalue weighted by atomic mass is 10.3. The molecule has 1 aliphatic carbocycles. The maximum absolute atomic E-state index is 12.3. The van der Waals surface area contributed by atoms with Gasteiger partial charge in [0.05, 0.1) is 12.3 Å². The molecule has 0 spiro atoms. The van der Waals surface area contributed by atoms with Gasteiger partial charge in [-0.15, -0.1) is 0 Å². The molecule has 0 bridgehead atoms. The summed E-state index contributed by atoms with van der Waals surface area (Å²) in [5, 5.41) is 5.38. The largest absolute Gasteiger partial charge is 0.397 e. The molecule has 1 atom stereocenters. The zero-order chi connectivity index (χ0) is 15.4. The zero-order valence-electron chi connectivity index (χ0n) is 12.4. The van der Waals surface area contributed by atoms with Crippen molar-refractivity contribution >= 4 is 17.5 Å². The summed E-state index contributed by atoms with van der Waals surface area (Å²) < 4.78 is 6.74. The first-order chi connectivity index (χ1) is 10.0. The molecule has 2 amide bonds. The smallest absolute Gasteiger partial charge is 0.268 e. The van der Waals surface area contributed by atoms with Crippen molar-refractivity contribution in [1.82, 2.24) is 15.2 Å². The number of nitrogens with one attached hydrogen (secondary N) is 2. The van der Waals surface area contributed by atoms with Crippen LogP contribution in [-0.4, -0.2) is 42.7 Å². The molecule has 0 saturated heterocycles. The Morgan fingerprint density at radius 1 is 1.52 bits per heavy atom. The fourth-order valence-electron chi connectivity index (χ4n) is 2.10. The molecule has 116 valence electrons. The van der Waals surface area contributed by atoms with Crippen LogP contribution in [0.4, 0.5) is 5.69 Å². The maximum atomic E-state index is 12.3. The molecule has 2 rings (SSSR count). The van der Waals surface area contributed by atoms with Gasteiger partial charge in [0.15, 0.2) is 0 Å². The van der Waals surface area contributed by atoms with Crippen molar-refractivity contribution < 1.29 is 14.3 Å². The Bertz CT molecular complexity index is 522. The van der Waals surface area contributed by atoms with Crippen molar-refractivity contribution in [2.45, 2.75) is 31.8 Å². The van der Waals surface area contributed by atoms with Gasteiger partial charge in [0.2, 0.25) is 5.91 Å². The normalized spacial score (nSPS) is 15.5. The number of anilines is 1. The van der Waals surface area contributed by atoms with Gasteiger partial charge in [0.25, 0.3) is 5.91 Å².